The Morgan fingerprint density at radius 2 is 2.22 bits per heavy atom. The molecule has 0 aromatic carbocycles. The van der Waals surface area contributed by atoms with Gasteiger partial charge in [-0.15, -0.1) is 11.3 Å². The maximum atomic E-state index is 12.0. The fraction of sp³-hybridized carbons (Fsp3) is 0.200. The van der Waals surface area contributed by atoms with Gasteiger partial charge in [0.1, 0.15) is 11.1 Å². The molecule has 116 valence electrons. The molecular formula is C15H11N3O3S2. The first kappa shape index (κ1) is 15.4. The number of hydrogen-bond acceptors (Lipinski definition) is 6. The van der Waals surface area contributed by atoms with Gasteiger partial charge in [-0.25, -0.2) is 0 Å². The molecule has 0 saturated heterocycles. The molecule has 1 amide bonds. The van der Waals surface area contributed by atoms with Crippen molar-refractivity contribution in [3.8, 4) is 6.07 Å². The molecule has 0 aliphatic heterocycles. The number of nitrogens with one attached hydrogen (secondary N) is 1. The fourth-order valence-electron chi connectivity index (χ4n) is 2.45. The van der Waals surface area contributed by atoms with Crippen LogP contribution in [0.15, 0.2) is 18.2 Å². The van der Waals surface area contributed by atoms with E-state index in [9.17, 15) is 20.2 Å². The van der Waals surface area contributed by atoms with Crippen molar-refractivity contribution in [1.82, 2.24) is 0 Å². The molecule has 2 aromatic rings. The van der Waals surface area contributed by atoms with Gasteiger partial charge in [0.15, 0.2) is 0 Å². The van der Waals surface area contributed by atoms with Crippen LogP contribution in [0.4, 0.5) is 10.0 Å². The van der Waals surface area contributed by atoms with Gasteiger partial charge in [0, 0.05) is 21.9 Å². The predicted molar refractivity (Wildman–Crippen MR) is 89.7 cm³/mol. The highest BCUT2D eigenvalue weighted by Gasteiger charge is 2.22. The number of nitrogens with zero attached hydrogens (tertiary/aromatic N) is 2. The Morgan fingerprint density at radius 3 is 2.91 bits per heavy atom. The van der Waals surface area contributed by atoms with Gasteiger partial charge in [0.25, 0.3) is 0 Å². The maximum absolute atomic E-state index is 12.0. The van der Waals surface area contributed by atoms with E-state index in [0.29, 0.717) is 15.4 Å². The summed E-state index contributed by atoms with van der Waals surface area (Å²) in [5.74, 6) is -0.350. The summed E-state index contributed by atoms with van der Waals surface area (Å²) in [6, 6.07) is 5.16. The van der Waals surface area contributed by atoms with Crippen molar-refractivity contribution in [1.29, 1.82) is 5.26 Å². The Balaban J connectivity index is 1.71. The van der Waals surface area contributed by atoms with E-state index in [1.54, 1.807) is 6.07 Å². The standard InChI is InChI=1S/C15H11N3O3S2/c16-8-11-10-2-1-3-12(10)23-15(11)17-13(19)6-4-9-5-7-14(22-9)18(20)21/h4-7H,1-3H2,(H,17,19)/b6-4+. The summed E-state index contributed by atoms with van der Waals surface area (Å²) in [6.07, 6.45) is 5.75. The first-order valence-corrected chi connectivity index (χ1v) is 8.49. The van der Waals surface area contributed by atoms with E-state index >= 15 is 0 Å². The molecule has 23 heavy (non-hydrogen) atoms. The second-order valence-corrected chi connectivity index (χ2v) is 7.13. The summed E-state index contributed by atoms with van der Waals surface area (Å²) in [5.41, 5.74) is 1.63. The van der Waals surface area contributed by atoms with Crippen LogP contribution in [-0.4, -0.2) is 10.8 Å². The molecule has 0 spiro atoms. The summed E-state index contributed by atoms with van der Waals surface area (Å²) < 4.78 is 0. The molecule has 2 heterocycles. The average Bonchev–Trinajstić information content (AvgIpc) is 3.20. The average molecular weight is 345 g/mol. The molecule has 0 unspecified atom stereocenters. The SMILES string of the molecule is N#Cc1c(NC(=O)/C=C/c2ccc([N+](=O)[O-])s2)sc2c1CCC2. The van der Waals surface area contributed by atoms with Crippen molar-refractivity contribution in [3.05, 3.63) is 49.2 Å². The van der Waals surface area contributed by atoms with Crippen LogP contribution >= 0.6 is 22.7 Å². The van der Waals surface area contributed by atoms with Crippen LogP contribution in [0.2, 0.25) is 0 Å². The molecule has 3 rings (SSSR count). The lowest BCUT2D eigenvalue weighted by atomic mass is 10.1. The number of thiophene rings is 2. The zero-order valence-corrected chi connectivity index (χ0v) is 13.5. The van der Waals surface area contributed by atoms with Gasteiger partial charge in [0.05, 0.1) is 10.5 Å². The lowest BCUT2D eigenvalue weighted by Crippen LogP contribution is -2.07. The van der Waals surface area contributed by atoms with E-state index in [4.69, 9.17) is 0 Å². The number of nitriles is 1. The van der Waals surface area contributed by atoms with Gasteiger partial charge in [-0.1, -0.05) is 11.3 Å². The van der Waals surface area contributed by atoms with Gasteiger partial charge in [-0.05, 0) is 37.0 Å². The van der Waals surface area contributed by atoms with Gasteiger partial charge in [0.2, 0.25) is 5.91 Å². The molecule has 0 atom stereocenters. The molecule has 0 radical (unpaired) electrons. The van der Waals surface area contributed by atoms with E-state index in [1.807, 2.05) is 0 Å². The molecule has 6 nitrogen and oxygen atoms in total. The third-order valence-electron chi connectivity index (χ3n) is 3.46. The van der Waals surface area contributed by atoms with Crippen molar-refractivity contribution in [3.63, 3.8) is 0 Å². The number of rotatable bonds is 4. The fourth-order valence-corrected chi connectivity index (χ4v) is 4.42. The monoisotopic (exact) mass is 345 g/mol. The molecular weight excluding hydrogens is 334 g/mol. The first-order valence-electron chi connectivity index (χ1n) is 6.86. The number of amides is 1. The smallest absolute Gasteiger partial charge is 0.313 e. The van der Waals surface area contributed by atoms with E-state index < -0.39 is 4.92 Å². The largest absolute Gasteiger partial charge is 0.324 e. The Morgan fingerprint density at radius 1 is 1.39 bits per heavy atom. The van der Waals surface area contributed by atoms with Gasteiger partial charge < -0.3 is 5.32 Å². The number of anilines is 1. The van der Waals surface area contributed by atoms with E-state index in [2.05, 4.69) is 11.4 Å². The molecule has 1 N–H and O–H groups in total. The van der Waals surface area contributed by atoms with Gasteiger partial charge in [-0.2, -0.15) is 5.26 Å². The van der Waals surface area contributed by atoms with Crippen LogP contribution in [0.1, 0.15) is 27.3 Å². The van der Waals surface area contributed by atoms with Crippen molar-refractivity contribution in [2.75, 3.05) is 5.32 Å². The number of carbonyl (C=O) groups is 1. The minimum Gasteiger partial charge on any atom is -0.313 e. The number of carbonyl (C=O) groups excluding carboxylic acids is 1. The van der Waals surface area contributed by atoms with Crippen LogP contribution < -0.4 is 5.32 Å². The summed E-state index contributed by atoms with van der Waals surface area (Å²) in [5, 5.41) is 23.2. The minimum absolute atomic E-state index is 0.0338. The van der Waals surface area contributed by atoms with Crippen molar-refractivity contribution < 1.29 is 9.72 Å². The number of hydrogen-bond donors (Lipinski definition) is 1. The zero-order valence-electron chi connectivity index (χ0n) is 11.9. The van der Waals surface area contributed by atoms with Crippen molar-refractivity contribution in [2.24, 2.45) is 0 Å². The Labute approximate surface area is 139 Å². The van der Waals surface area contributed by atoms with Crippen LogP contribution in [0.5, 0.6) is 0 Å². The summed E-state index contributed by atoms with van der Waals surface area (Å²) in [6.45, 7) is 0. The lowest BCUT2D eigenvalue weighted by Gasteiger charge is -1.99. The maximum Gasteiger partial charge on any atom is 0.324 e. The molecule has 2 aromatic heterocycles. The highest BCUT2D eigenvalue weighted by atomic mass is 32.1. The zero-order chi connectivity index (χ0) is 16.4. The number of aryl methyl sites for hydroxylation is 1. The quantitative estimate of drug-likeness (QED) is 0.519. The summed E-state index contributed by atoms with van der Waals surface area (Å²) in [7, 11) is 0. The van der Waals surface area contributed by atoms with Gasteiger partial charge >= 0.3 is 5.00 Å². The topological polar surface area (TPSA) is 96.0 Å². The molecule has 8 heteroatoms. The minimum atomic E-state index is -0.464. The Bertz CT molecular complexity index is 858. The summed E-state index contributed by atoms with van der Waals surface area (Å²) >= 11 is 2.46. The number of fused-ring (bicyclic) bond motifs is 1. The van der Waals surface area contributed by atoms with Crippen molar-refractivity contribution in [2.45, 2.75) is 19.3 Å². The van der Waals surface area contributed by atoms with Crippen LogP contribution in [-0.2, 0) is 17.6 Å². The van der Waals surface area contributed by atoms with E-state index in [1.165, 1.54) is 34.4 Å². The third kappa shape index (κ3) is 3.16. The Hall–Kier alpha value is -2.50. The number of nitro groups is 1. The molecule has 1 aliphatic carbocycles. The molecule has 0 saturated carbocycles. The molecule has 0 bridgehead atoms. The van der Waals surface area contributed by atoms with Crippen LogP contribution in [0, 0.1) is 21.4 Å². The van der Waals surface area contributed by atoms with E-state index in [-0.39, 0.29) is 10.9 Å². The second-order valence-electron chi connectivity index (χ2n) is 4.93. The van der Waals surface area contributed by atoms with Gasteiger partial charge in [-0.3, -0.25) is 14.9 Å². The molecule has 0 fully saturated rings. The van der Waals surface area contributed by atoms with E-state index in [0.717, 1.165) is 36.2 Å². The first-order chi connectivity index (χ1) is 11.1. The highest BCUT2D eigenvalue weighted by Crippen LogP contribution is 2.38. The lowest BCUT2D eigenvalue weighted by molar-refractivity contribution is -0.380. The third-order valence-corrected chi connectivity index (χ3v) is 5.67. The van der Waals surface area contributed by atoms with Crippen molar-refractivity contribution >= 4 is 44.7 Å². The Kier molecular flexibility index (Phi) is 4.23. The second kappa shape index (κ2) is 6.32. The normalized spacial score (nSPS) is 13.0. The van der Waals surface area contributed by atoms with Crippen LogP contribution in [0.25, 0.3) is 6.08 Å². The predicted octanol–water partition coefficient (Wildman–Crippen LogP) is 3.73. The highest BCUT2D eigenvalue weighted by molar-refractivity contribution is 7.17. The molecule has 1 aliphatic rings. The van der Waals surface area contributed by atoms with Crippen LogP contribution in [0.3, 0.4) is 0 Å². The summed E-state index contributed by atoms with van der Waals surface area (Å²) in [4.78, 5) is 23.9.